The minimum atomic E-state index is -0.450. The first-order chi connectivity index (χ1) is 12.1. The van der Waals surface area contributed by atoms with Crippen LogP contribution in [0.5, 0.6) is 5.75 Å². The minimum Gasteiger partial charge on any atom is -0.493 e. The molecule has 1 aliphatic rings. The van der Waals surface area contributed by atoms with Crippen LogP contribution in [0.1, 0.15) is 25.5 Å². The number of rotatable bonds is 4. The highest BCUT2D eigenvalue weighted by Crippen LogP contribution is 2.38. The van der Waals surface area contributed by atoms with Gasteiger partial charge in [-0.1, -0.05) is 30.3 Å². The maximum absolute atomic E-state index is 12.4. The van der Waals surface area contributed by atoms with Crippen molar-refractivity contribution < 1.29 is 14.3 Å². The molecule has 1 aliphatic heterocycles. The largest absolute Gasteiger partial charge is 0.493 e. The summed E-state index contributed by atoms with van der Waals surface area (Å²) < 4.78 is 10.9. The Balaban J connectivity index is 2.28. The molecule has 6 heteroatoms. The third-order valence-corrected chi connectivity index (χ3v) is 4.41. The third kappa shape index (κ3) is 3.17. The Morgan fingerprint density at radius 3 is 2.72 bits per heavy atom. The van der Waals surface area contributed by atoms with Crippen molar-refractivity contribution in [2.75, 3.05) is 13.7 Å². The van der Waals surface area contributed by atoms with E-state index in [1.54, 1.807) is 0 Å². The topological polar surface area (TPSA) is 59.6 Å². The molecule has 0 saturated carbocycles. The Labute approximate surface area is 152 Å². The summed E-state index contributed by atoms with van der Waals surface area (Å²) in [6.45, 7) is 4.27. The molecule has 5 nitrogen and oxygen atoms in total. The summed E-state index contributed by atoms with van der Waals surface area (Å²) in [5.74, 6) is 0.318. The zero-order chi connectivity index (χ0) is 18.0. The molecule has 2 aromatic carbocycles. The quantitative estimate of drug-likeness (QED) is 0.648. The fourth-order valence-corrected chi connectivity index (χ4v) is 3.42. The lowest BCUT2D eigenvalue weighted by molar-refractivity contribution is -0.136. The van der Waals surface area contributed by atoms with E-state index in [2.05, 4.69) is 10.6 Å². The van der Waals surface area contributed by atoms with Crippen molar-refractivity contribution >= 4 is 34.1 Å². The van der Waals surface area contributed by atoms with Gasteiger partial charge in [0.15, 0.2) is 5.11 Å². The Morgan fingerprint density at radius 1 is 1.24 bits per heavy atom. The summed E-state index contributed by atoms with van der Waals surface area (Å²) in [6, 6.07) is 11.5. The van der Waals surface area contributed by atoms with E-state index in [4.69, 9.17) is 21.7 Å². The van der Waals surface area contributed by atoms with Crippen molar-refractivity contribution in [3.8, 4) is 5.75 Å². The van der Waals surface area contributed by atoms with Crippen LogP contribution in [0.4, 0.5) is 0 Å². The standard InChI is InChI=1S/C19H20N2O3S/c1-4-24-14-10-9-12-7-5-6-8-13(12)16(14)17-15(18(22)23-3)11(2)20-19(25)21-17/h5-10,17H,4H2,1-3H3,(H2,20,21,25)/t17-/m1/s1. The first-order valence-electron chi connectivity index (χ1n) is 8.07. The van der Waals surface area contributed by atoms with Crippen LogP contribution in [0.3, 0.4) is 0 Å². The molecule has 0 radical (unpaired) electrons. The number of ether oxygens (including phenoxy) is 2. The lowest BCUT2D eigenvalue weighted by Crippen LogP contribution is -2.45. The summed E-state index contributed by atoms with van der Waals surface area (Å²) >= 11 is 5.32. The van der Waals surface area contributed by atoms with E-state index in [0.717, 1.165) is 22.1 Å². The van der Waals surface area contributed by atoms with Crippen molar-refractivity contribution in [1.29, 1.82) is 0 Å². The van der Waals surface area contributed by atoms with Gasteiger partial charge in [0.2, 0.25) is 0 Å². The zero-order valence-electron chi connectivity index (χ0n) is 14.4. The van der Waals surface area contributed by atoms with Gasteiger partial charge in [-0.2, -0.15) is 0 Å². The molecular weight excluding hydrogens is 336 g/mol. The predicted molar refractivity (Wildman–Crippen MR) is 101 cm³/mol. The average Bonchev–Trinajstić information content (AvgIpc) is 2.60. The predicted octanol–water partition coefficient (Wildman–Crippen LogP) is 3.20. The number of esters is 1. The van der Waals surface area contributed by atoms with Crippen molar-refractivity contribution in [3.05, 3.63) is 53.2 Å². The van der Waals surface area contributed by atoms with Gasteiger partial charge < -0.3 is 20.1 Å². The first-order valence-corrected chi connectivity index (χ1v) is 8.48. The van der Waals surface area contributed by atoms with Crippen molar-refractivity contribution in [2.24, 2.45) is 0 Å². The van der Waals surface area contributed by atoms with Crippen LogP contribution in [0.25, 0.3) is 10.8 Å². The van der Waals surface area contributed by atoms with E-state index >= 15 is 0 Å². The molecule has 1 heterocycles. The van der Waals surface area contributed by atoms with Crippen LogP contribution in [-0.2, 0) is 9.53 Å². The first kappa shape index (κ1) is 17.2. The SMILES string of the molecule is CCOc1ccc2ccccc2c1[C@@H]1NC(=S)NC(C)=C1C(=O)OC. The molecule has 2 aromatic rings. The van der Waals surface area contributed by atoms with Crippen molar-refractivity contribution in [2.45, 2.75) is 19.9 Å². The summed E-state index contributed by atoms with van der Waals surface area (Å²) in [5.41, 5.74) is 2.05. The van der Waals surface area contributed by atoms with Crippen molar-refractivity contribution in [3.63, 3.8) is 0 Å². The van der Waals surface area contributed by atoms with E-state index in [1.165, 1.54) is 7.11 Å². The maximum atomic E-state index is 12.4. The summed E-state index contributed by atoms with van der Waals surface area (Å²) in [5, 5.41) is 8.73. The number of carbonyl (C=O) groups excluding carboxylic acids is 1. The molecule has 2 N–H and O–H groups in total. The number of hydrogen-bond acceptors (Lipinski definition) is 4. The summed E-state index contributed by atoms with van der Waals surface area (Å²) in [4.78, 5) is 12.4. The Hall–Kier alpha value is -2.60. The molecule has 3 rings (SSSR count). The molecule has 0 unspecified atom stereocenters. The van der Waals surface area contributed by atoms with Gasteiger partial charge in [-0.25, -0.2) is 4.79 Å². The molecule has 130 valence electrons. The molecule has 0 bridgehead atoms. The molecule has 0 fully saturated rings. The molecule has 1 atom stereocenters. The number of benzene rings is 2. The maximum Gasteiger partial charge on any atom is 0.337 e. The number of hydrogen-bond donors (Lipinski definition) is 2. The van der Waals surface area contributed by atoms with Gasteiger partial charge in [0, 0.05) is 11.3 Å². The minimum absolute atomic E-state index is 0.402. The van der Waals surface area contributed by atoms with E-state index in [0.29, 0.717) is 23.0 Å². The monoisotopic (exact) mass is 356 g/mol. The third-order valence-electron chi connectivity index (χ3n) is 4.19. The van der Waals surface area contributed by atoms with E-state index < -0.39 is 12.0 Å². The van der Waals surface area contributed by atoms with E-state index in [9.17, 15) is 4.79 Å². The Morgan fingerprint density at radius 2 is 2.00 bits per heavy atom. The highest BCUT2D eigenvalue weighted by molar-refractivity contribution is 7.80. The van der Waals surface area contributed by atoms with Crippen molar-refractivity contribution in [1.82, 2.24) is 10.6 Å². The molecule has 0 spiro atoms. The summed E-state index contributed by atoms with van der Waals surface area (Å²) in [7, 11) is 1.37. The highest BCUT2D eigenvalue weighted by Gasteiger charge is 2.33. The highest BCUT2D eigenvalue weighted by atomic mass is 32.1. The number of fused-ring (bicyclic) bond motifs is 1. The van der Waals surface area contributed by atoms with E-state index in [-0.39, 0.29) is 0 Å². The lowest BCUT2D eigenvalue weighted by atomic mass is 9.90. The van der Waals surface area contributed by atoms with Gasteiger partial charge in [0.25, 0.3) is 0 Å². The molecule has 0 aromatic heterocycles. The molecule has 0 amide bonds. The molecule has 0 aliphatic carbocycles. The van der Waals surface area contributed by atoms with Crippen LogP contribution in [-0.4, -0.2) is 24.8 Å². The number of carbonyl (C=O) groups is 1. The van der Waals surface area contributed by atoms with Gasteiger partial charge >= 0.3 is 5.97 Å². The molecular formula is C19H20N2O3S. The van der Waals surface area contributed by atoms with Crippen LogP contribution < -0.4 is 15.4 Å². The fourth-order valence-electron chi connectivity index (χ4n) is 3.15. The average molecular weight is 356 g/mol. The fraction of sp³-hybridized carbons (Fsp3) is 0.263. The Bertz CT molecular complexity index is 876. The smallest absolute Gasteiger partial charge is 0.337 e. The van der Waals surface area contributed by atoms with Gasteiger partial charge in [-0.15, -0.1) is 0 Å². The summed E-state index contributed by atoms with van der Waals surface area (Å²) in [6.07, 6.45) is 0. The lowest BCUT2D eigenvalue weighted by Gasteiger charge is -2.31. The van der Waals surface area contributed by atoms with Crippen LogP contribution in [0.2, 0.25) is 0 Å². The zero-order valence-corrected chi connectivity index (χ0v) is 15.2. The van der Waals surface area contributed by atoms with Crippen LogP contribution in [0, 0.1) is 0 Å². The number of methoxy groups -OCH3 is 1. The second-order valence-corrected chi connectivity index (χ2v) is 6.10. The second kappa shape index (κ2) is 7.11. The normalized spacial score (nSPS) is 17.1. The molecule has 0 saturated heterocycles. The van der Waals surface area contributed by atoms with Crippen LogP contribution in [0.15, 0.2) is 47.7 Å². The number of allylic oxidation sites excluding steroid dienone is 1. The van der Waals surface area contributed by atoms with Gasteiger partial charge in [0.05, 0.1) is 25.3 Å². The molecule has 25 heavy (non-hydrogen) atoms. The van der Waals surface area contributed by atoms with Gasteiger partial charge in [0.1, 0.15) is 5.75 Å². The second-order valence-electron chi connectivity index (χ2n) is 5.69. The van der Waals surface area contributed by atoms with Crippen LogP contribution >= 0.6 is 12.2 Å². The number of nitrogens with one attached hydrogen (secondary N) is 2. The van der Waals surface area contributed by atoms with E-state index in [1.807, 2.05) is 50.2 Å². The number of thiocarbonyl (C=S) groups is 1. The van der Waals surface area contributed by atoms with Gasteiger partial charge in [-0.3, -0.25) is 0 Å². The van der Waals surface area contributed by atoms with Gasteiger partial charge in [-0.05, 0) is 42.9 Å². The Kier molecular flexibility index (Phi) is 4.90.